The van der Waals surface area contributed by atoms with Gasteiger partial charge in [-0.3, -0.25) is 9.69 Å². The maximum absolute atomic E-state index is 13.2. The highest BCUT2D eigenvalue weighted by Gasteiger charge is 2.21. The van der Waals surface area contributed by atoms with Crippen LogP contribution in [0.3, 0.4) is 0 Å². The Morgan fingerprint density at radius 1 is 0.884 bits per heavy atom. The number of carbonyl (C=O) groups excluding carboxylic acids is 2. The standard InChI is InChI=1S/C35H33N3O5/c1-24-30-21-27(26-7-4-3-5-8-26)12-13-32(30)43-34(24)31(39)19-25-11-14-33(36-22-25)38-17-15-37(16-18-38)23-42-29-10-6-9-28(20-29)35(40)41-2/h3-14,20-22H,15-19,23H2,1-2H3. The van der Waals surface area contributed by atoms with Crippen molar-refractivity contribution < 1.29 is 23.5 Å². The molecule has 1 saturated heterocycles. The lowest BCUT2D eigenvalue weighted by molar-refractivity contribution is 0.0599. The molecule has 0 radical (unpaired) electrons. The van der Waals surface area contributed by atoms with Gasteiger partial charge in [0.05, 0.1) is 12.7 Å². The fourth-order valence-electron chi connectivity index (χ4n) is 5.37. The molecule has 0 aliphatic carbocycles. The molecule has 218 valence electrons. The zero-order valence-corrected chi connectivity index (χ0v) is 24.3. The maximum Gasteiger partial charge on any atom is 0.337 e. The molecule has 1 fully saturated rings. The van der Waals surface area contributed by atoms with Gasteiger partial charge < -0.3 is 18.8 Å². The second-order valence-corrected chi connectivity index (χ2v) is 10.7. The Hall–Kier alpha value is -4.95. The van der Waals surface area contributed by atoms with Gasteiger partial charge in [0.1, 0.15) is 23.9 Å². The lowest BCUT2D eigenvalue weighted by Gasteiger charge is -2.35. The molecule has 0 atom stereocenters. The first-order chi connectivity index (χ1) is 21.0. The minimum atomic E-state index is -0.385. The SMILES string of the molecule is COC(=O)c1cccc(OCN2CCN(c3ccc(CC(=O)c4oc5ccc(-c6ccccc6)cc5c4C)cn3)CC2)c1. The Morgan fingerprint density at radius 3 is 2.44 bits per heavy atom. The van der Waals surface area contributed by atoms with Crippen molar-refractivity contribution in [1.82, 2.24) is 9.88 Å². The topological polar surface area (TPSA) is 85.1 Å². The van der Waals surface area contributed by atoms with Crippen LogP contribution in [0.5, 0.6) is 5.75 Å². The number of ketones is 1. The summed E-state index contributed by atoms with van der Waals surface area (Å²) in [6.45, 7) is 5.62. The third-order valence-electron chi connectivity index (χ3n) is 7.84. The van der Waals surface area contributed by atoms with E-state index >= 15 is 0 Å². The van der Waals surface area contributed by atoms with Gasteiger partial charge in [0.2, 0.25) is 5.78 Å². The van der Waals surface area contributed by atoms with Gasteiger partial charge in [-0.15, -0.1) is 0 Å². The zero-order chi connectivity index (χ0) is 29.8. The van der Waals surface area contributed by atoms with Crippen molar-refractivity contribution in [2.45, 2.75) is 13.3 Å². The number of fused-ring (bicyclic) bond motifs is 1. The number of piperazine rings is 1. The van der Waals surface area contributed by atoms with Crippen LogP contribution in [0.2, 0.25) is 0 Å². The van der Waals surface area contributed by atoms with Crippen molar-refractivity contribution in [2.24, 2.45) is 0 Å². The number of furan rings is 1. The van der Waals surface area contributed by atoms with E-state index in [1.54, 1.807) is 24.4 Å². The van der Waals surface area contributed by atoms with E-state index in [1.165, 1.54) is 7.11 Å². The molecule has 0 spiro atoms. The molecule has 0 N–H and O–H groups in total. The second-order valence-electron chi connectivity index (χ2n) is 10.7. The van der Waals surface area contributed by atoms with Crippen LogP contribution in [0.25, 0.3) is 22.1 Å². The van der Waals surface area contributed by atoms with Crippen LogP contribution < -0.4 is 9.64 Å². The lowest BCUT2D eigenvalue weighted by atomic mass is 10.0. The smallest absolute Gasteiger partial charge is 0.337 e. The minimum absolute atomic E-state index is 0.0600. The number of Topliss-reactive ketones (excluding diaryl/α,β-unsaturated/α-hetero) is 1. The molecule has 1 aliphatic heterocycles. The number of anilines is 1. The summed E-state index contributed by atoms with van der Waals surface area (Å²) in [6.07, 6.45) is 2.00. The van der Waals surface area contributed by atoms with E-state index in [-0.39, 0.29) is 18.2 Å². The van der Waals surface area contributed by atoms with Crippen LogP contribution in [-0.2, 0) is 11.2 Å². The van der Waals surface area contributed by atoms with E-state index in [1.807, 2.05) is 55.5 Å². The highest BCUT2D eigenvalue weighted by atomic mass is 16.5. The number of ether oxygens (including phenoxy) is 2. The third-order valence-corrected chi connectivity index (χ3v) is 7.84. The summed E-state index contributed by atoms with van der Waals surface area (Å²) in [5.74, 6) is 1.47. The van der Waals surface area contributed by atoms with Gasteiger partial charge >= 0.3 is 5.97 Å². The van der Waals surface area contributed by atoms with Gasteiger partial charge in [0.15, 0.2) is 5.76 Å². The first kappa shape index (κ1) is 28.2. The van der Waals surface area contributed by atoms with E-state index in [0.717, 1.165) is 59.6 Å². The first-order valence-corrected chi connectivity index (χ1v) is 14.3. The monoisotopic (exact) mass is 575 g/mol. The minimum Gasteiger partial charge on any atom is -0.478 e. The Balaban J connectivity index is 1.03. The maximum atomic E-state index is 13.2. The number of rotatable bonds is 9. The largest absolute Gasteiger partial charge is 0.478 e. The number of hydrogen-bond acceptors (Lipinski definition) is 8. The van der Waals surface area contributed by atoms with Crippen molar-refractivity contribution in [3.8, 4) is 16.9 Å². The quantitative estimate of drug-likeness (QED) is 0.152. The molecule has 6 rings (SSSR count). The number of carbonyl (C=O) groups is 2. The van der Waals surface area contributed by atoms with Crippen molar-refractivity contribution in [1.29, 1.82) is 0 Å². The second kappa shape index (κ2) is 12.5. The highest BCUT2D eigenvalue weighted by molar-refractivity contribution is 6.02. The van der Waals surface area contributed by atoms with Gasteiger partial charge in [-0.1, -0.05) is 48.5 Å². The summed E-state index contributed by atoms with van der Waals surface area (Å²) < 4.78 is 16.7. The summed E-state index contributed by atoms with van der Waals surface area (Å²) in [4.78, 5) is 34.1. The predicted octanol–water partition coefficient (Wildman–Crippen LogP) is 6.17. The molecule has 3 heterocycles. The van der Waals surface area contributed by atoms with Gasteiger partial charge in [-0.05, 0) is 60.0 Å². The number of aryl methyl sites for hydroxylation is 1. The molecule has 0 amide bonds. The molecule has 8 heteroatoms. The summed E-state index contributed by atoms with van der Waals surface area (Å²) in [6, 6.07) is 27.2. The van der Waals surface area contributed by atoms with E-state index in [4.69, 9.17) is 13.9 Å². The summed E-state index contributed by atoms with van der Waals surface area (Å²) in [5.41, 5.74) is 5.11. The number of esters is 1. The fourth-order valence-corrected chi connectivity index (χ4v) is 5.37. The van der Waals surface area contributed by atoms with Crippen molar-refractivity contribution >= 4 is 28.5 Å². The fraction of sp³-hybridized carbons (Fsp3) is 0.229. The van der Waals surface area contributed by atoms with Crippen LogP contribution in [0.4, 0.5) is 5.82 Å². The molecule has 2 aromatic heterocycles. The Morgan fingerprint density at radius 2 is 1.70 bits per heavy atom. The molecule has 8 nitrogen and oxygen atoms in total. The number of aromatic nitrogens is 1. The number of hydrogen-bond donors (Lipinski definition) is 0. The Labute approximate surface area is 250 Å². The Bertz CT molecular complexity index is 1740. The van der Waals surface area contributed by atoms with Crippen LogP contribution >= 0.6 is 0 Å². The molecule has 5 aromatic rings. The Kier molecular flexibility index (Phi) is 8.20. The molecule has 43 heavy (non-hydrogen) atoms. The first-order valence-electron chi connectivity index (χ1n) is 14.3. The molecule has 0 saturated carbocycles. The van der Waals surface area contributed by atoms with Gasteiger partial charge in [0.25, 0.3) is 0 Å². The molecular formula is C35H33N3O5. The summed E-state index contributed by atoms with van der Waals surface area (Å²) in [5, 5.41) is 0.956. The average molecular weight is 576 g/mol. The van der Waals surface area contributed by atoms with Gasteiger partial charge in [-0.2, -0.15) is 0 Å². The third kappa shape index (κ3) is 6.29. The lowest BCUT2D eigenvalue weighted by Crippen LogP contribution is -2.47. The summed E-state index contributed by atoms with van der Waals surface area (Å²) in [7, 11) is 1.36. The molecule has 0 unspecified atom stereocenters. The van der Waals surface area contributed by atoms with E-state index in [2.05, 4.69) is 33.0 Å². The molecular weight excluding hydrogens is 542 g/mol. The van der Waals surface area contributed by atoms with E-state index in [0.29, 0.717) is 29.4 Å². The van der Waals surface area contributed by atoms with Gasteiger partial charge in [0, 0.05) is 49.7 Å². The average Bonchev–Trinajstić information content (AvgIpc) is 3.40. The summed E-state index contributed by atoms with van der Waals surface area (Å²) >= 11 is 0. The number of pyridine rings is 1. The van der Waals surface area contributed by atoms with Crippen molar-refractivity contribution in [2.75, 3.05) is 44.9 Å². The number of benzene rings is 3. The van der Waals surface area contributed by atoms with Crippen LogP contribution in [-0.4, -0.2) is 61.7 Å². The highest BCUT2D eigenvalue weighted by Crippen LogP contribution is 2.31. The van der Waals surface area contributed by atoms with E-state index < -0.39 is 0 Å². The number of methoxy groups -OCH3 is 1. The normalized spacial score (nSPS) is 13.7. The van der Waals surface area contributed by atoms with Crippen LogP contribution in [0, 0.1) is 6.92 Å². The molecule has 1 aliphatic rings. The van der Waals surface area contributed by atoms with Gasteiger partial charge in [-0.25, -0.2) is 9.78 Å². The van der Waals surface area contributed by atoms with Crippen LogP contribution in [0.1, 0.15) is 32.0 Å². The predicted molar refractivity (Wildman–Crippen MR) is 166 cm³/mol. The van der Waals surface area contributed by atoms with Crippen molar-refractivity contribution in [3.05, 3.63) is 114 Å². The molecule has 0 bridgehead atoms. The van der Waals surface area contributed by atoms with Crippen molar-refractivity contribution in [3.63, 3.8) is 0 Å². The molecule has 3 aromatic carbocycles. The zero-order valence-electron chi connectivity index (χ0n) is 24.3. The van der Waals surface area contributed by atoms with E-state index in [9.17, 15) is 9.59 Å². The van der Waals surface area contributed by atoms with Crippen LogP contribution in [0.15, 0.2) is 95.5 Å². The number of nitrogens with zero attached hydrogens (tertiary/aromatic N) is 3.